The zero-order valence-corrected chi connectivity index (χ0v) is 18.9. The first-order valence-corrected chi connectivity index (χ1v) is 11.3. The van der Waals surface area contributed by atoms with E-state index in [1.807, 2.05) is 4.90 Å². The summed E-state index contributed by atoms with van der Waals surface area (Å²) in [6.45, 7) is 0.888. The molecule has 4 heterocycles. The second kappa shape index (κ2) is 8.20. The summed E-state index contributed by atoms with van der Waals surface area (Å²) in [4.78, 5) is 35.4. The van der Waals surface area contributed by atoms with Gasteiger partial charge in [-0.05, 0) is 36.8 Å². The summed E-state index contributed by atoms with van der Waals surface area (Å²) >= 11 is 6.56. The number of carbonyl (C=O) groups is 1. The Morgan fingerprint density at radius 2 is 1.91 bits per heavy atom. The number of fused-ring (bicyclic) bond motifs is 2. The minimum Gasteiger partial charge on any atom is -0.349 e. The van der Waals surface area contributed by atoms with Crippen molar-refractivity contribution in [3.8, 4) is 11.3 Å². The Kier molecular flexibility index (Phi) is 4.99. The van der Waals surface area contributed by atoms with Crippen LogP contribution < -0.4 is 15.8 Å². The minimum absolute atomic E-state index is 0.123. The van der Waals surface area contributed by atoms with Crippen LogP contribution in [-0.4, -0.2) is 49.2 Å². The smallest absolute Gasteiger partial charge is 0.271 e. The van der Waals surface area contributed by atoms with Gasteiger partial charge in [0.05, 0.1) is 33.7 Å². The van der Waals surface area contributed by atoms with Crippen LogP contribution in [0.3, 0.4) is 0 Å². The first-order valence-electron chi connectivity index (χ1n) is 10.9. The van der Waals surface area contributed by atoms with Crippen molar-refractivity contribution in [2.45, 2.75) is 12.8 Å². The van der Waals surface area contributed by atoms with Gasteiger partial charge in [-0.2, -0.15) is 10.1 Å². The van der Waals surface area contributed by atoms with Gasteiger partial charge in [0, 0.05) is 30.0 Å². The standard InChI is InChI=1S/C23H18ClFN8O2/c24-16-8-19-15(22(35)32-30-19)7-13(16)18-9-20(33-5-1-2-12(34)10-33)27-23(26-18)28-21-14-6-11(25)3-4-17(14)29-31-21/h3-4,6-9H,1-2,5,10H2,(H2,30,32,35)(H2,26,27,28,29,31). The van der Waals surface area contributed by atoms with Gasteiger partial charge in [-0.3, -0.25) is 24.9 Å². The highest BCUT2D eigenvalue weighted by Crippen LogP contribution is 2.33. The molecule has 1 aliphatic heterocycles. The second-order valence-electron chi connectivity index (χ2n) is 8.34. The Bertz CT molecular complexity index is 1670. The summed E-state index contributed by atoms with van der Waals surface area (Å²) in [5, 5.41) is 16.8. The number of halogens is 2. The Hall–Kier alpha value is -4.25. The molecule has 0 aliphatic carbocycles. The van der Waals surface area contributed by atoms with Crippen LogP contribution in [0.2, 0.25) is 5.02 Å². The number of anilines is 3. The van der Waals surface area contributed by atoms with Crippen LogP contribution in [0.5, 0.6) is 0 Å². The highest BCUT2D eigenvalue weighted by molar-refractivity contribution is 6.34. The molecule has 10 nitrogen and oxygen atoms in total. The molecule has 1 saturated heterocycles. The predicted octanol–water partition coefficient (Wildman–Crippen LogP) is 3.89. The van der Waals surface area contributed by atoms with Gasteiger partial charge in [0.25, 0.3) is 5.56 Å². The molecule has 0 radical (unpaired) electrons. The molecular formula is C23H18ClFN8O2. The van der Waals surface area contributed by atoms with Crippen LogP contribution in [0.15, 0.2) is 41.2 Å². The van der Waals surface area contributed by atoms with Crippen LogP contribution in [0.25, 0.3) is 33.1 Å². The van der Waals surface area contributed by atoms with Crippen molar-refractivity contribution in [2.75, 3.05) is 23.3 Å². The van der Waals surface area contributed by atoms with Crippen molar-refractivity contribution >= 4 is 56.8 Å². The SMILES string of the molecule is O=C1CCCN(c2cc(-c3cc4c(=O)[nH][nH]c4cc3Cl)nc(Nc3n[nH]c4ccc(F)cc34)n2)C1. The number of piperidine rings is 1. The van der Waals surface area contributed by atoms with Gasteiger partial charge in [-0.25, -0.2) is 9.37 Å². The number of ketones is 1. The zero-order chi connectivity index (χ0) is 24.1. The second-order valence-corrected chi connectivity index (χ2v) is 8.75. The van der Waals surface area contributed by atoms with Crippen molar-refractivity contribution in [1.29, 1.82) is 0 Å². The maximum Gasteiger partial charge on any atom is 0.271 e. The van der Waals surface area contributed by atoms with Crippen molar-refractivity contribution in [1.82, 2.24) is 30.4 Å². The van der Waals surface area contributed by atoms with E-state index >= 15 is 0 Å². The molecule has 0 amide bonds. The molecule has 1 aliphatic rings. The number of nitrogens with zero attached hydrogens (tertiary/aromatic N) is 4. The van der Waals surface area contributed by atoms with Crippen molar-refractivity contribution in [3.05, 3.63) is 57.6 Å². The Labute approximate surface area is 201 Å². The average Bonchev–Trinajstić information content (AvgIpc) is 3.41. The van der Waals surface area contributed by atoms with Crippen LogP contribution in [0.4, 0.5) is 22.0 Å². The van der Waals surface area contributed by atoms with E-state index in [0.717, 1.165) is 6.42 Å². The van der Waals surface area contributed by atoms with E-state index in [4.69, 9.17) is 11.6 Å². The van der Waals surface area contributed by atoms with Crippen LogP contribution in [0.1, 0.15) is 12.8 Å². The molecular weight excluding hydrogens is 475 g/mol. The van der Waals surface area contributed by atoms with Crippen molar-refractivity contribution in [2.24, 2.45) is 0 Å². The first-order chi connectivity index (χ1) is 16.9. The molecule has 4 N–H and O–H groups in total. The van der Waals surface area contributed by atoms with Gasteiger partial charge in [-0.1, -0.05) is 11.6 Å². The maximum atomic E-state index is 13.9. The van der Waals surface area contributed by atoms with E-state index in [0.29, 0.717) is 62.7 Å². The number of aromatic amines is 3. The fourth-order valence-electron chi connectivity index (χ4n) is 4.26. The van der Waals surface area contributed by atoms with Crippen molar-refractivity contribution in [3.63, 3.8) is 0 Å². The lowest BCUT2D eigenvalue weighted by Gasteiger charge is -2.27. The summed E-state index contributed by atoms with van der Waals surface area (Å²) in [6, 6.07) is 9.33. The van der Waals surface area contributed by atoms with Gasteiger partial charge in [-0.15, -0.1) is 0 Å². The summed E-state index contributed by atoms with van der Waals surface area (Å²) in [7, 11) is 0. The van der Waals surface area contributed by atoms with Crippen LogP contribution in [-0.2, 0) is 4.79 Å². The third-order valence-electron chi connectivity index (χ3n) is 5.98. The summed E-state index contributed by atoms with van der Waals surface area (Å²) in [5.41, 5.74) is 1.92. The highest BCUT2D eigenvalue weighted by Gasteiger charge is 2.21. The summed E-state index contributed by atoms with van der Waals surface area (Å²) < 4.78 is 13.9. The molecule has 176 valence electrons. The molecule has 5 aromatic rings. The quantitative estimate of drug-likeness (QED) is 0.299. The van der Waals surface area contributed by atoms with Gasteiger partial charge < -0.3 is 10.2 Å². The van der Waals surface area contributed by atoms with E-state index in [1.165, 1.54) is 12.1 Å². The Morgan fingerprint density at radius 1 is 1.03 bits per heavy atom. The Morgan fingerprint density at radius 3 is 2.77 bits per heavy atom. The molecule has 3 aromatic heterocycles. The van der Waals surface area contributed by atoms with Crippen LogP contribution in [0, 0.1) is 5.82 Å². The lowest BCUT2D eigenvalue weighted by atomic mass is 10.1. The topological polar surface area (TPSA) is 135 Å². The molecule has 0 bridgehead atoms. The van der Waals surface area contributed by atoms with E-state index in [-0.39, 0.29) is 23.8 Å². The van der Waals surface area contributed by atoms with E-state index in [1.54, 1.807) is 24.3 Å². The Balaban J connectivity index is 1.49. The minimum atomic E-state index is -0.402. The van der Waals surface area contributed by atoms with Gasteiger partial charge >= 0.3 is 0 Å². The number of carbonyl (C=O) groups excluding carboxylic acids is 1. The lowest BCUT2D eigenvalue weighted by molar-refractivity contribution is -0.118. The lowest BCUT2D eigenvalue weighted by Crippen LogP contribution is -2.36. The van der Waals surface area contributed by atoms with Gasteiger partial charge in [0.15, 0.2) is 11.6 Å². The molecule has 0 atom stereocenters. The molecule has 0 saturated carbocycles. The number of nitrogens with one attached hydrogen (secondary N) is 4. The molecule has 2 aromatic carbocycles. The monoisotopic (exact) mass is 492 g/mol. The number of benzene rings is 2. The number of rotatable bonds is 4. The third kappa shape index (κ3) is 3.89. The zero-order valence-electron chi connectivity index (χ0n) is 18.2. The largest absolute Gasteiger partial charge is 0.349 e. The van der Waals surface area contributed by atoms with Gasteiger partial charge in [0.2, 0.25) is 5.95 Å². The molecule has 0 spiro atoms. The highest BCUT2D eigenvalue weighted by atomic mass is 35.5. The maximum absolute atomic E-state index is 13.9. The average molecular weight is 493 g/mol. The summed E-state index contributed by atoms with van der Waals surface area (Å²) in [5.74, 6) is 0.780. The predicted molar refractivity (Wildman–Crippen MR) is 131 cm³/mol. The van der Waals surface area contributed by atoms with Crippen molar-refractivity contribution < 1.29 is 9.18 Å². The van der Waals surface area contributed by atoms with E-state index in [9.17, 15) is 14.0 Å². The summed E-state index contributed by atoms with van der Waals surface area (Å²) in [6.07, 6.45) is 1.25. The molecule has 12 heteroatoms. The van der Waals surface area contributed by atoms with Crippen LogP contribution >= 0.6 is 11.6 Å². The molecule has 1 fully saturated rings. The number of hydrogen-bond donors (Lipinski definition) is 4. The fourth-order valence-corrected chi connectivity index (χ4v) is 4.52. The fraction of sp³-hybridized carbons (Fsp3) is 0.174. The normalized spacial score (nSPS) is 14.2. The molecule has 35 heavy (non-hydrogen) atoms. The number of H-pyrrole nitrogens is 3. The number of aromatic nitrogens is 6. The first kappa shape index (κ1) is 21.3. The number of Topliss-reactive ketones (excluding diaryl/α,β-unsaturated/α-hetero) is 1. The number of hydrogen-bond acceptors (Lipinski definition) is 7. The van der Waals surface area contributed by atoms with E-state index < -0.39 is 5.82 Å². The molecule has 6 rings (SSSR count). The molecule has 0 unspecified atom stereocenters. The third-order valence-corrected chi connectivity index (χ3v) is 6.29. The van der Waals surface area contributed by atoms with Gasteiger partial charge in [0.1, 0.15) is 11.6 Å². The van der Waals surface area contributed by atoms with E-state index in [2.05, 4.69) is 35.7 Å².